The molecule has 0 radical (unpaired) electrons. The van der Waals surface area contributed by atoms with Crippen LogP contribution in [0, 0.1) is 0 Å². The molecule has 0 unspecified atom stereocenters. The molecular weight excluding hydrogens is 354 g/mol. The van der Waals surface area contributed by atoms with Crippen LogP contribution in [0.1, 0.15) is 44.2 Å². The normalized spacial score (nSPS) is 23.4. The zero-order chi connectivity index (χ0) is 19.1. The Bertz CT molecular complexity index is 823. The lowest BCUT2D eigenvalue weighted by molar-refractivity contribution is 0.311. The number of piperazine rings is 1. The van der Waals surface area contributed by atoms with Gasteiger partial charge in [0.15, 0.2) is 5.82 Å². The summed E-state index contributed by atoms with van der Waals surface area (Å²) in [6.45, 7) is 7.16. The minimum atomic E-state index is 0.461. The van der Waals surface area contributed by atoms with Gasteiger partial charge in [0.2, 0.25) is 17.8 Å². The van der Waals surface area contributed by atoms with Crippen LogP contribution in [0.2, 0.25) is 0 Å². The third-order valence-electron chi connectivity index (χ3n) is 6.06. The minimum Gasteiger partial charge on any atom is -0.338 e. The van der Waals surface area contributed by atoms with Crippen LogP contribution in [0.15, 0.2) is 6.07 Å². The first-order chi connectivity index (χ1) is 13.7. The van der Waals surface area contributed by atoms with Crippen molar-refractivity contribution in [2.45, 2.75) is 44.6 Å². The van der Waals surface area contributed by atoms with Crippen molar-refractivity contribution >= 4 is 23.7 Å². The molecule has 150 valence electrons. The first kappa shape index (κ1) is 17.7. The highest BCUT2D eigenvalue weighted by atomic mass is 15.4. The molecule has 1 aliphatic carbocycles. The minimum absolute atomic E-state index is 0.461. The van der Waals surface area contributed by atoms with Crippen molar-refractivity contribution in [3.05, 3.63) is 11.8 Å². The van der Waals surface area contributed by atoms with Crippen molar-refractivity contribution in [2.75, 3.05) is 54.9 Å². The van der Waals surface area contributed by atoms with Crippen LogP contribution >= 0.6 is 0 Å². The number of hydrogen-bond acceptors (Lipinski definition) is 8. The highest BCUT2D eigenvalue weighted by molar-refractivity contribution is 5.54. The maximum atomic E-state index is 4.84. The Labute approximate surface area is 165 Å². The zero-order valence-electron chi connectivity index (χ0n) is 16.7. The maximum Gasteiger partial charge on any atom is 0.235 e. The van der Waals surface area contributed by atoms with Crippen LogP contribution < -0.4 is 15.1 Å². The van der Waals surface area contributed by atoms with Gasteiger partial charge in [-0.1, -0.05) is 0 Å². The van der Waals surface area contributed by atoms with Gasteiger partial charge in [-0.2, -0.15) is 20.1 Å². The van der Waals surface area contributed by atoms with Crippen molar-refractivity contribution in [1.29, 1.82) is 0 Å². The monoisotopic (exact) mass is 383 g/mol. The van der Waals surface area contributed by atoms with E-state index < -0.39 is 0 Å². The molecule has 5 rings (SSSR count). The Morgan fingerprint density at radius 2 is 1.79 bits per heavy atom. The molecule has 9 nitrogen and oxygen atoms in total. The lowest BCUT2D eigenvalue weighted by atomic mass is 10.2. The Balaban J connectivity index is 1.43. The topological polar surface area (TPSA) is 89.1 Å². The lowest BCUT2D eigenvalue weighted by Crippen LogP contribution is -2.45. The molecule has 2 N–H and O–H groups in total. The fraction of sp³-hybridized carbons (Fsp3) is 0.684. The van der Waals surface area contributed by atoms with Gasteiger partial charge in [-0.3, -0.25) is 5.10 Å². The molecule has 3 aliphatic rings. The summed E-state index contributed by atoms with van der Waals surface area (Å²) in [4.78, 5) is 21.2. The Hall–Kier alpha value is -2.42. The average Bonchev–Trinajstić information content (AvgIpc) is 3.29. The van der Waals surface area contributed by atoms with E-state index in [0.29, 0.717) is 17.9 Å². The molecule has 1 atom stereocenters. The predicted octanol–water partition coefficient (Wildman–Crippen LogP) is 1.96. The molecule has 0 amide bonds. The van der Waals surface area contributed by atoms with Crippen molar-refractivity contribution < 1.29 is 0 Å². The van der Waals surface area contributed by atoms with E-state index in [2.05, 4.69) is 50.3 Å². The fourth-order valence-electron chi connectivity index (χ4n) is 4.04. The van der Waals surface area contributed by atoms with Crippen LogP contribution in [0.4, 0.5) is 23.7 Å². The number of nitrogens with zero attached hydrogens (tertiary/aromatic N) is 7. The van der Waals surface area contributed by atoms with Gasteiger partial charge >= 0.3 is 0 Å². The second-order valence-corrected chi connectivity index (χ2v) is 8.34. The van der Waals surface area contributed by atoms with Crippen LogP contribution in [0.5, 0.6) is 0 Å². The molecule has 4 heterocycles. The van der Waals surface area contributed by atoms with Crippen molar-refractivity contribution in [2.24, 2.45) is 0 Å². The van der Waals surface area contributed by atoms with E-state index in [0.717, 1.165) is 50.4 Å². The largest absolute Gasteiger partial charge is 0.338 e. The first-order valence-corrected chi connectivity index (χ1v) is 10.4. The number of rotatable bonds is 5. The molecule has 1 saturated carbocycles. The molecule has 9 heteroatoms. The number of H-pyrrole nitrogens is 1. The third kappa shape index (κ3) is 3.63. The summed E-state index contributed by atoms with van der Waals surface area (Å²) in [6, 6.07) is 2.54. The average molecular weight is 384 g/mol. The summed E-state index contributed by atoms with van der Waals surface area (Å²) < 4.78 is 0. The number of aromatic nitrogens is 5. The van der Waals surface area contributed by atoms with Gasteiger partial charge in [-0.05, 0) is 39.7 Å². The molecule has 0 aromatic carbocycles. The Kier molecular flexibility index (Phi) is 4.54. The lowest BCUT2D eigenvalue weighted by Gasteiger charge is -2.33. The first-order valence-electron chi connectivity index (χ1n) is 10.4. The molecule has 2 aromatic rings. The highest BCUT2D eigenvalue weighted by Gasteiger charge is 2.27. The quantitative estimate of drug-likeness (QED) is 0.810. The van der Waals surface area contributed by atoms with Crippen molar-refractivity contribution in [3.63, 3.8) is 0 Å². The number of likely N-dealkylation sites (N-methyl/N-ethyl adjacent to an activating group) is 1. The van der Waals surface area contributed by atoms with Crippen molar-refractivity contribution in [3.8, 4) is 0 Å². The second-order valence-electron chi connectivity index (χ2n) is 8.34. The summed E-state index contributed by atoms with van der Waals surface area (Å²) in [5.41, 5.74) is 1.20. The summed E-state index contributed by atoms with van der Waals surface area (Å²) in [6.07, 6.45) is 4.86. The van der Waals surface area contributed by atoms with E-state index >= 15 is 0 Å². The van der Waals surface area contributed by atoms with Crippen LogP contribution in [0.3, 0.4) is 0 Å². The molecule has 28 heavy (non-hydrogen) atoms. The van der Waals surface area contributed by atoms with Crippen molar-refractivity contribution in [1.82, 2.24) is 30.0 Å². The Morgan fingerprint density at radius 3 is 2.50 bits per heavy atom. The SMILES string of the molecule is C[C@H]1CCCN1c1nc(Nc2cc(C3CC3)[nH]n2)nc(N2CCN(C)CC2)n1. The summed E-state index contributed by atoms with van der Waals surface area (Å²) >= 11 is 0. The smallest absolute Gasteiger partial charge is 0.235 e. The van der Waals surface area contributed by atoms with E-state index in [1.165, 1.54) is 31.4 Å². The van der Waals surface area contributed by atoms with E-state index in [4.69, 9.17) is 15.0 Å². The van der Waals surface area contributed by atoms with Crippen LogP contribution in [-0.4, -0.2) is 75.9 Å². The predicted molar refractivity (Wildman–Crippen MR) is 109 cm³/mol. The third-order valence-corrected chi connectivity index (χ3v) is 6.06. The number of nitrogens with one attached hydrogen (secondary N) is 2. The number of anilines is 4. The van der Waals surface area contributed by atoms with E-state index in [9.17, 15) is 0 Å². The molecule has 0 spiro atoms. The highest BCUT2D eigenvalue weighted by Crippen LogP contribution is 2.39. The Morgan fingerprint density at radius 1 is 1.00 bits per heavy atom. The summed E-state index contributed by atoms with van der Waals surface area (Å²) in [7, 11) is 2.16. The van der Waals surface area contributed by atoms with Crippen LogP contribution in [-0.2, 0) is 0 Å². The van der Waals surface area contributed by atoms with Gasteiger partial charge in [-0.25, -0.2) is 0 Å². The maximum absolute atomic E-state index is 4.84. The van der Waals surface area contributed by atoms with E-state index in [-0.39, 0.29) is 0 Å². The van der Waals surface area contributed by atoms with Gasteiger partial charge in [0.1, 0.15) is 0 Å². The number of hydrogen-bond donors (Lipinski definition) is 2. The summed E-state index contributed by atoms with van der Waals surface area (Å²) in [5.74, 6) is 3.53. The zero-order valence-corrected chi connectivity index (χ0v) is 16.7. The van der Waals surface area contributed by atoms with Gasteiger partial charge < -0.3 is 20.0 Å². The van der Waals surface area contributed by atoms with Gasteiger partial charge in [-0.15, -0.1) is 0 Å². The standard InChI is InChI=1S/C19H29N9/c1-13-4-3-7-28(13)19-22-17(20-16-12-15(24-25-16)14-5-6-14)21-18(23-19)27-10-8-26(2)9-11-27/h12-14H,3-11H2,1-2H3,(H2,20,21,22,23,24,25)/t13-/m0/s1. The molecule has 0 bridgehead atoms. The number of aromatic amines is 1. The second kappa shape index (κ2) is 7.20. The molecular formula is C19H29N9. The van der Waals surface area contributed by atoms with Gasteiger partial charge in [0, 0.05) is 56.4 Å². The van der Waals surface area contributed by atoms with E-state index in [1.54, 1.807) is 0 Å². The molecule has 2 aromatic heterocycles. The molecule has 3 fully saturated rings. The van der Waals surface area contributed by atoms with Crippen LogP contribution in [0.25, 0.3) is 0 Å². The molecule has 2 aliphatic heterocycles. The summed E-state index contributed by atoms with van der Waals surface area (Å²) in [5, 5.41) is 10.8. The van der Waals surface area contributed by atoms with Gasteiger partial charge in [0.05, 0.1) is 0 Å². The fourth-order valence-corrected chi connectivity index (χ4v) is 4.04. The van der Waals surface area contributed by atoms with E-state index in [1.807, 2.05) is 0 Å². The van der Waals surface area contributed by atoms with Gasteiger partial charge in [0.25, 0.3) is 0 Å². The molecule has 2 saturated heterocycles.